The first-order chi connectivity index (χ1) is 13.4. The van der Waals surface area contributed by atoms with E-state index in [1.54, 1.807) is 25.1 Å². The predicted molar refractivity (Wildman–Crippen MR) is 95.4 cm³/mol. The third-order valence-electron chi connectivity index (χ3n) is 4.23. The number of ether oxygens (including phenoxy) is 3. The van der Waals surface area contributed by atoms with Gasteiger partial charge in [-0.15, -0.1) is 0 Å². The van der Waals surface area contributed by atoms with Crippen molar-refractivity contribution in [2.75, 3.05) is 6.79 Å². The minimum Gasteiger partial charge on any atom is -0.454 e. The molecular weight excluding hydrogens is 370 g/mol. The van der Waals surface area contributed by atoms with E-state index in [1.807, 2.05) is 0 Å². The molecule has 10 nitrogen and oxygen atoms in total. The fraction of sp³-hybridized carbons (Fsp3) is 0.167. The molecule has 0 radical (unpaired) electrons. The van der Waals surface area contributed by atoms with Crippen LogP contribution in [0.4, 0.5) is 5.69 Å². The number of aromatic nitrogens is 2. The molecule has 1 aliphatic heterocycles. The topological polar surface area (TPSA) is 134 Å². The number of aromatic amines is 1. The zero-order valence-corrected chi connectivity index (χ0v) is 14.6. The van der Waals surface area contributed by atoms with Gasteiger partial charge in [0.15, 0.2) is 11.5 Å². The Morgan fingerprint density at radius 2 is 2.07 bits per heavy atom. The van der Waals surface area contributed by atoms with Gasteiger partial charge >= 0.3 is 5.97 Å². The minimum absolute atomic E-state index is 0.0907. The zero-order chi connectivity index (χ0) is 19.8. The number of benzene rings is 2. The molecule has 10 heteroatoms. The maximum Gasteiger partial charge on any atom is 0.345 e. The highest BCUT2D eigenvalue weighted by Gasteiger charge is 2.28. The second kappa shape index (κ2) is 6.65. The average Bonchev–Trinajstić information content (AvgIpc) is 3.13. The number of rotatable bonds is 4. The van der Waals surface area contributed by atoms with E-state index in [4.69, 9.17) is 14.2 Å². The van der Waals surface area contributed by atoms with Gasteiger partial charge in [0.05, 0.1) is 21.9 Å². The van der Waals surface area contributed by atoms with Gasteiger partial charge in [0.25, 0.3) is 11.2 Å². The van der Waals surface area contributed by atoms with Crippen LogP contribution in [0.25, 0.3) is 10.9 Å². The highest BCUT2D eigenvalue weighted by molar-refractivity contribution is 5.95. The number of para-hydroxylation sites is 1. The van der Waals surface area contributed by atoms with E-state index < -0.39 is 16.6 Å². The second-order valence-electron chi connectivity index (χ2n) is 6.04. The van der Waals surface area contributed by atoms with Crippen LogP contribution in [0.1, 0.15) is 21.7 Å². The molecule has 0 fully saturated rings. The predicted octanol–water partition coefficient (Wildman–Crippen LogP) is 2.23. The van der Waals surface area contributed by atoms with Crippen LogP contribution >= 0.6 is 0 Å². The molecule has 28 heavy (non-hydrogen) atoms. The molecule has 0 atom stereocenters. The molecule has 3 aromatic rings. The standard InChI is InChI=1S/C18H13N3O7/c1-9-3-2-4-10-16(9)19-15(20-17(10)22)7-26-18(23)11-5-13-14(28-8-27-13)6-12(11)21(24)25/h2-6H,7-8H2,1H3,(H,19,20,22). The number of esters is 1. The fourth-order valence-electron chi connectivity index (χ4n) is 2.88. The van der Waals surface area contributed by atoms with Gasteiger partial charge in [-0.1, -0.05) is 12.1 Å². The molecular formula is C18H13N3O7. The van der Waals surface area contributed by atoms with Gasteiger partial charge in [0.1, 0.15) is 18.0 Å². The van der Waals surface area contributed by atoms with E-state index in [2.05, 4.69) is 9.97 Å². The van der Waals surface area contributed by atoms with Crippen molar-refractivity contribution in [2.24, 2.45) is 0 Å². The lowest BCUT2D eigenvalue weighted by Crippen LogP contribution is -2.15. The van der Waals surface area contributed by atoms with Crippen LogP contribution in [0, 0.1) is 17.0 Å². The number of hydrogen-bond donors (Lipinski definition) is 1. The summed E-state index contributed by atoms with van der Waals surface area (Å²) in [6, 6.07) is 7.50. The highest BCUT2D eigenvalue weighted by atomic mass is 16.7. The van der Waals surface area contributed by atoms with Crippen molar-refractivity contribution in [3.63, 3.8) is 0 Å². The van der Waals surface area contributed by atoms with Crippen molar-refractivity contribution < 1.29 is 23.9 Å². The van der Waals surface area contributed by atoms with Crippen molar-refractivity contribution >= 4 is 22.6 Å². The lowest BCUT2D eigenvalue weighted by atomic mass is 10.1. The molecule has 1 N–H and O–H groups in total. The molecule has 2 heterocycles. The Morgan fingerprint density at radius 1 is 1.32 bits per heavy atom. The van der Waals surface area contributed by atoms with Gasteiger partial charge in [-0.25, -0.2) is 9.78 Å². The summed E-state index contributed by atoms with van der Waals surface area (Å²) < 4.78 is 15.4. The molecule has 0 spiro atoms. The summed E-state index contributed by atoms with van der Waals surface area (Å²) in [4.78, 5) is 42.0. The summed E-state index contributed by atoms with van der Waals surface area (Å²) in [5.74, 6) is -0.425. The number of hydrogen-bond acceptors (Lipinski definition) is 8. The van der Waals surface area contributed by atoms with Crippen molar-refractivity contribution in [1.82, 2.24) is 9.97 Å². The van der Waals surface area contributed by atoms with Crippen molar-refractivity contribution in [1.29, 1.82) is 0 Å². The Balaban J connectivity index is 1.62. The van der Waals surface area contributed by atoms with Crippen molar-refractivity contribution in [3.05, 3.63) is 67.8 Å². The molecule has 0 unspecified atom stereocenters. The van der Waals surface area contributed by atoms with E-state index in [0.29, 0.717) is 10.9 Å². The van der Waals surface area contributed by atoms with Gasteiger partial charge in [0, 0.05) is 6.07 Å². The smallest absolute Gasteiger partial charge is 0.345 e. The number of carbonyl (C=O) groups excluding carboxylic acids is 1. The number of nitro benzene ring substituents is 1. The molecule has 0 saturated heterocycles. The van der Waals surface area contributed by atoms with Crippen LogP contribution in [0.5, 0.6) is 11.5 Å². The molecule has 0 amide bonds. The molecule has 0 bridgehead atoms. The third-order valence-corrected chi connectivity index (χ3v) is 4.23. The Bertz CT molecular complexity index is 1190. The summed E-state index contributed by atoms with van der Waals surface area (Å²) in [7, 11) is 0. The van der Waals surface area contributed by atoms with Gasteiger partial charge in [-0.3, -0.25) is 14.9 Å². The first-order valence-electron chi connectivity index (χ1n) is 8.17. The largest absolute Gasteiger partial charge is 0.454 e. The fourth-order valence-corrected chi connectivity index (χ4v) is 2.88. The number of H-pyrrole nitrogens is 1. The SMILES string of the molecule is Cc1cccc2c(=O)[nH]c(COC(=O)c3cc4c(cc3[N+](=O)[O-])OCO4)nc12. The molecule has 0 saturated carbocycles. The van der Waals surface area contributed by atoms with Crippen LogP contribution in [0.2, 0.25) is 0 Å². The first kappa shape index (κ1) is 17.5. The molecule has 4 rings (SSSR count). The number of aryl methyl sites for hydroxylation is 1. The zero-order valence-electron chi connectivity index (χ0n) is 14.6. The van der Waals surface area contributed by atoms with Gasteiger partial charge < -0.3 is 19.2 Å². The molecule has 2 aromatic carbocycles. The summed E-state index contributed by atoms with van der Waals surface area (Å²) in [5.41, 5.74) is 0.168. The summed E-state index contributed by atoms with van der Waals surface area (Å²) in [6.45, 7) is 1.36. The van der Waals surface area contributed by atoms with E-state index in [0.717, 1.165) is 11.6 Å². The van der Waals surface area contributed by atoms with Crippen LogP contribution in [0.3, 0.4) is 0 Å². The van der Waals surface area contributed by atoms with Crippen LogP contribution in [-0.4, -0.2) is 27.7 Å². The number of carbonyl (C=O) groups is 1. The monoisotopic (exact) mass is 383 g/mol. The Morgan fingerprint density at radius 3 is 2.82 bits per heavy atom. The number of nitro groups is 1. The summed E-state index contributed by atoms with van der Waals surface area (Å²) >= 11 is 0. The van der Waals surface area contributed by atoms with Crippen LogP contribution < -0.4 is 15.0 Å². The summed E-state index contributed by atoms with van der Waals surface area (Å²) in [6.07, 6.45) is 0. The molecule has 1 aliphatic rings. The molecule has 1 aromatic heterocycles. The first-order valence-corrected chi connectivity index (χ1v) is 8.17. The van der Waals surface area contributed by atoms with E-state index >= 15 is 0 Å². The Kier molecular flexibility index (Phi) is 4.15. The maximum atomic E-state index is 12.4. The van der Waals surface area contributed by atoms with E-state index in [-0.39, 0.29) is 41.8 Å². The molecule has 0 aliphatic carbocycles. The minimum atomic E-state index is -0.947. The second-order valence-corrected chi connectivity index (χ2v) is 6.04. The number of nitrogens with one attached hydrogen (secondary N) is 1. The third kappa shape index (κ3) is 3.00. The van der Waals surface area contributed by atoms with Crippen molar-refractivity contribution in [2.45, 2.75) is 13.5 Å². The number of nitrogens with zero attached hydrogens (tertiary/aromatic N) is 2. The van der Waals surface area contributed by atoms with Crippen molar-refractivity contribution in [3.8, 4) is 11.5 Å². The van der Waals surface area contributed by atoms with Crippen LogP contribution in [0.15, 0.2) is 35.1 Å². The summed E-state index contributed by atoms with van der Waals surface area (Å²) in [5, 5.41) is 11.7. The normalized spacial score (nSPS) is 12.2. The van der Waals surface area contributed by atoms with Gasteiger partial charge in [0.2, 0.25) is 6.79 Å². The van der Waals surface area contributed by atoms with Gasteiger partial charge in [-0.05, 0) is 18.6 Å². The molecule has 142 valence electrons. The average molecular weight is 383 g/mol. The van der Waals surface area contributed by atoms with E-state index in [9.17, 15) is 19.7 Å². The maximum absolute atomic E-state index is 12.4. The Labute approximate surface area is 156 Å². The Hall–Kier alpha value is -3.95. The van der Waals surface area contributed by atoms with Gasteiger partial charge in [-0.2, -0.15) is 0 Å². The number of fused-ring (bicyclic) bond motifs is 2. The quantitative estimate of drug-likeness (QED) is 0.412. The lowest BCUT2D eigenvalue weighted by molar-refractivity contribution is -0.385. The van der Waals surface area contributed by atoms with Crippen LogP contribution in [-0.2, 0) is 11.3 Å². The highest BCUT2D eigenvalue weighted by Crippen LogP contribution is 2.38. The lowest BCUT2D eigenvalue weighted by Gasteiger charge is -2.07. The van der Waals surface area contributed by atoms with E-state index in [1.165, 1.54) is 6.07 Å².